The van der Waals surface area contributed by atoms with E-state index in [0.29, 0.717) is 0 Å². The molecule has 1 aliphatic carbocycles. The summed E-state index contributed by atoms with van der Waals surface area (Å²) in [6.07, 6.45) is -0.112. The first-order chi connectivity index (χ1) is 6.85. The highest BCUT2D eigenvalue weighted by Crippen LogP contribution is 2.47. The zero-order valence-electron chi connectivity index (χ0n) is 8.93. The molecule has 0 heterocycles. The van der Waals surface area contributed by atoms with Crippen LogP contribution in [0.15, 0.2) is 12.7 Å². The summed E-state index contributed by atoms with van der Waals surface area (Å²) in [5, 5.41) is 10.1. The van der Waals surface area contributed by atoms with Gasteiger partial charge >= 0.3 is 0 Å². The fraction of sp³-hybridized carbons (Fsp3) is 0.800. The van der Waals surface area contributed by atoms with E-state index in [-0.39, 0.29) is 12.8 Å². The van der Waals surface area contributed by atoms with E-state index in [9.17, 15) is 13.9 Å². The summed E-state index contributed by atoms with van der Waals surface area (Å²) >= 11 is 0. The first kappa shape index (κ1) is 12.5. The molecule has 15 heavy (non-hydrogen) atoms. The lowest BCUT2D eigenvalue weighted by molar-refractivity contribution is -0.323. The third-order valence-electron chi connectivity index (χ3n) is 3.00. The Hall–Kier alpha value is -0.520. The molecular formula is C10H16F2O3. The van der Waals surface area contributed by atoms with Gasteiger partial charge in [-0.25, -0.2) is 8.78 Å². The van der Waals surface area contributed by atoms with E-state index in [1.54, 1.807) is 0 Å². The van der Waals surface area contributed by atoms with Gasteiger partial charge in [-0.15, -0.1) is 6.58 Å². The summed E-state index contributed by atoms with van der Waals surface area (Å²) < 4.78 is 36.5. The highest BCUT2D eigenvalue weighted by Gasteiger charge is 2.59. The molecule has 5 heteroatoms. The fourth-order valence-electron chi connectivity index (χ4n) is 2.05. The average Bonchev–Trinajstić information content (AvgIpc) is 2.18. The second-order valence-electron chi connectivity index (χ2n) is 3.82. The van der Waals surface area contributed by atoms with Crippen LogP contribution in [0.25, 0.3) is 0 Å². The van der Waals surface area contributed by atoms with E-state index in [1.165, 1.54) is 14.2 Å². The molecule has 0 aliphatic heterocycles. The minimum absolute atomic E-state index is 0.0739. The molecule has 3 nitrogen and oxygen atoms in total. The van der Waals surface area contributed by atoms with Crippen LogP contribution in [0.5, 0.6) is 0 Å². The number of hydrogen-bond acceptors (Lipinski definition) is 3. The van der Waals surface area contributed by atoms with Gasteiger partial charge < -0.3 is 14.6 Å². The van der Waals surface area contributed by atoms with Crippen LogP contribution in [0.4, 0.5) is 8.78 Å². The van der Waals surface area contributed by atoms with E-state index >= 15 is 0 Å². The number of alkyl halides is 2. The van der Waals surface area contributed by atoms with E-state index in [1.807, 2.05) is 0 Å². The summed E-state index contributed by atoms with van der Waals surface area (Å²) in [5.41, 5.74) is -1.86. The van der Waals surface area contributed by atoms with Crippen molar-refractivity contribution in [3.63, 3.8) is 0 Å². The molecule has 1 atom stereocenters. The number of halogens is 2. The van der Waals surface area contributed by atoms with Gasteiger partial charge in [0.05, 0.1) is 0 Å². The molecule has 0 aromatic rings. The molecule has 1 fully saturated rings. The Bertz CT molecular complexity index is 251. The van der Waals surface area contributed by atoms with Crippen molar-refractivity contribution in [2.45, 2.75) is 36.6 Å². The lowest BCUT2D eigenvalue weighted by Gasteiger charge is -2.48. The van der Waals surface area contributed by atoms with Crippen LogP contribution in [-0.2, 0) is 9.47 Å². The number of aliphatic hydroxyl groups is 1. The molecule has 0 aromatic carbocycles. The molecule has 1 unspecified atom stereocenters. The Balaban J connectivity index is 3.05. The first-order valence-electron chi connectivity index (χ1n) is 4.69. The number of methoxy groups -OCH3 is 2. The monoisotopic (exact) mass is 222 g/mol. The summed E-state index contributed by atoms with van der Waals surface area (Å²) in [4.78, 5) is 0. The Morgan fingerprint density at radius 1 is 1.27 bits per heavy atom. The van der Waals surface area contributed by atoms with Gasteiger partial charge in [0.1, 0.15) is 5.60 Å². The lowest BCUT2D eigenvalue weighted by Crippen LogP contribution is -2.61. The second-order valence-corrected chi connectivity index (χ2v) is 3.82. The van der Waals surface area contributed by atoms with Crippen LogP contribution in [0.1, 0.15) is 19.3 Å². The van der Waals surface area contributed by atoms with Crippen LogP contribution < -0.4 is 0 Å². The third kappa shape index (κ3) is 1.91. The van der Waals surface area contributed by atoms with Gasteiger partial charge in [-0.1, -0.05) is 6.08 Å². The minimum atomic E-state index is -2.91. The smallest absolute Gasteiger partial charge is 0.251 e. The highest BCUT2D eigenvalue weighted by molar-refractivity contribution is 5.12. The van der Waals surface area contributed by atoms with Gasteiger partial charge in [0.2, 0.25) is 5.79 Å². The van der Waals surface area contributed by atoms with Crippen LogP contribution >= 0.6 is 0 Å². The number of hydrogen-bond donors (Lipinski definition) is 1. The number of ether oxygens (including phenoxy) is 2. The predicted molar refractivity (Wildman–Crippen MR) is 50.7 cm³/mol. The quantitative estimate of drug-likeness (QED) is 0.583. The Kier molecular flexibility index (Phi) is 3.19. The summed E-state index contributed by atoms with van der Waals surface area (Å²) in [6.45, 7) is 3.37. The zero-order chi connectivity index (χ0) is 11.7. The number of rotatable bonds is 3. The van der Waals surface area contributed by atoms with E-state index in [4.69, 9.17) is 9.47 Å². The van der Waals surface area contributed by atoms with Gasteiger partial charge in [0.15, 0.2) is 0 Å². The molecule has 1 N–H and O–H groups in total. The van der Waals surface area contributed by atoms with Crippen LogP contribution in [0.2, 0.25) is 0 Å². The maximum Gasteiger partial charge on any atom is 0.251 e. The molecule has 0 bridgehead atoms. The first-order valence-corrected chi connectivity index (χ1v) is 4.69. The normalized spacial score (nSPS) is 33.7. The van der Waals surface area contributed by atoms with E-state index in [2.05, 4.69) is 6.58 Å². The second kappa shape index (κ2) is 3.81. The average molecular weight is 222 g/mol. The molecule has 0 amide bonds. The van der Waals surface area contributed by atoms with Crippen molar-refractivity contribution >= 4 is 0 Å². The van der Waals surface area contributed by atoms with Crippen molar-refractivity contribution in [1.82, 2.24) is 0 Å². The molecule has 1 aliphatic rings. The summed E-state index contributed by atoms with van der Waals surface area (Å²) in [6, 6.07) is 0. The van der Waals surface area contributed by atoms with Gasteiger partial charge in [-0.05, 0) is 0 Å². The van der Waals surface area contributed by atoms with Crippen molar-refractivity contribution in [3.05, 3.63) is 12.7 Å². The Labute approximate surface area is 87.7 Å². The molecule has 88 valence electrons. The minimum Gasteiger partial charge on any atom is -0.380 e. The SMILES string of the molecule is C=CC1(O)CC(F)(F)CCC1(OC)OC. The topological polar surface area (TPSA) is 38.7 Å². The fourth-order valence-corrected chi connectivity index (χ4v) is 2.05. The molecule has 0 aromatic heterocycles. The molecule has 0 radical (unpaired) electrons. The van der Waals surface area contributed by atoms with Crippen molar-refractivity contribution in [2.75, 3.05) is 14.2 Å². The van der Waals surface area contributed by atoms with Crippen molar-refractivity contribution in [2.24, 2.45) is 0 Å². The molecule has 0 spiro atoms. The van der Waals surface area contributed by atoms with Crippen molar-refractivity contribution in [3.8, 4) is 0 Å². The standard InChI is InChI=1S/C10H16F2O3/c1-4-8(13)7-9(11,12)5-6-10(8,14-2)15-3/h4,13H,1,5-7H2,2-3H3. The van der Waals surface area contributed by atoms with E-state index in [0.717, 1.165) is 6.08 Å². The predicted octanol–water partition coefficient (Wildman–Crippen LogP) is 1.71. The van der Waals surface area contributed by atoms with Gasteiger partial charge in [-0.2, -0.15) is 0 Å². The Morgan fingerprint density at radius 3 is 2.20 bits per heavy atom. The van der Waals surface area contributed by atoms with Crippen LogP contribution in [-0.4, -0.2) is 36.6 Å². The van der Waals surface area contributed by atoms with Gasteiger partial charge in [0, 0.05) is 33.5 Å². The zero-order valence-corrected chi connectivity index (χ0v) is 8.93. The molecule has 1 rings (SSSR count). The molecule has 0 saturated heterocycles. The third-order valence-corrected chi connectivity index (χ3v) is 3.00. The Morgan fingerprint density at radius 2 is 1.80 bits per heavy atom. The highest BCUT2D eigenvalue weighted by atomic mass is 19.3. The van der Waals surface area contributed by atoms with Gasteiger partial charge in [0.25, 0.3) is 5.92 Å². The molecule has 1 saturated carbocycles. The van der Waals surface area contributed by atoms with Crippen LogP contribution in [0, 0.1) is 0 Å². The maximum absolute atomic E-state index is 13.2. The summed E-state index contributed by atoms with van der Waals surface area (Å²) in [5.74, 6) is -4.33. The maximum atomic E-state index is 13.2. The van der Waals surface area contributed by atoms with Gasteiger partial charge in [-0.3, -0.25) is 0 Å². The molecular weight excluding hydrogens is 206 g/mol. The lowest BCUT2D eigenvalue weighted by atomic mass is 9.77. The van der Waals surface area contributed by atoms with Crippen LogP contribution in [0.3, 0.4) is 0 Å². The van der Waals surface area contributed by atoms with Crippen molar-refractivity contribution < 1.29 is 23.4 Å². The summed E-state index contributed by atoms with van der Waals surface area (Å²) in [7, 11) is 2.64. The van der Waals surface area contributed by atoms with Crippen molar-refractivity contribution in [1.29, 1.82) is 0 Å². The largest absolute Gasteiger partial charge is 0.380 e. The van der Waals surface area contributed by atoms with E-state index < -0.39 is 23.7 Å².